The van der Waals surface area contributed by atoms with Gasteiger partial charge >= 0.3 is 17.9 Å². The van der Waals surface area contributed by atoms with E-state index in [1.165, 1.54) is 180 Å². The van der Waals surface area contributed by atoms with Crippen LogP contribution in [0.1, 0.15) is 323 Å². The van der Waals surface area contributed by atoms with Gasteiger partial charge in [0.05, 0.1) is 6.42 Å². The molecular formula is C70H122O6. The van der Waals surface area contributed by atoms with E-state index >= 15 is 0 Å². The summed E-state index contributed by atoms with van der Waals surface area (Å²) in [7, 11) is 0. The lowest BCUT2D eigenvalue weighted by molar-refractivity contribution is -0.166. The lowest BCUT2D eigenvalue weighted by Gasteiger charge is -2.18. The van der Waals surface area contributed by atoms with Gasteiger partial charge in [0.2, 0.25) is 0 Å². The van der Waals surface area contributed by atoms with E-state index in [2.05, 4.69) is 93.7 Å². The standard InChI is InChI=1S/C70H122O6/c1-4-7-10-13-16-19-22-25-27-28-29-30-31-32-33-34-35-36-37-38-39-40-41-43-45-48-51-54-57-60-63-69(72)75-66-67(65-74-68(71)62-59-56-53-50-47-44-24-21-18-15-12-9-6-3)76-70(73)64-61-58-55-52-49-46-42-26-23-20-17-14-11-8-5-2/h8,11-12,15,17,20-21,24,26,42,49,52,58,61,67H,4-7,9-10,13-14,16,18-19,22-23,25,27-41,43-48,50-51,53-57,59-60,62-66H2,1-3H3/b11-8-,15-12-,20-17-,24-21-,42-26-,52-49-,61-58-. The Kier molecular flexibility index (Phi) is 61.2. The monoisotopic (exact) mass is 1060 g/mol. The number of ether oxygens (including phenoxy) is 3. The number of hydrogen-bond acceptors (Lipinski definition) is 6. The predicted molar refractivity (Wildman–Crippen MR) is 330 cm³/mol. The van der Waals surface area contributed by atoms with E-state index in [1.54, 1.807) is 6.08 Å². The number of carbonyl (C=O) groups is 3. The average molecular weight is 1060 g/mol. The van der Waals surface area contributed by atoms with Crippen LogP contribution in [0.5, 0.6) is 0 Å². The number of carbonyl (C=O) groups excluding carboxylic acids is 3. The van der Waals surface area contributed by atoms with Crippen LogP contribution in [0.3, 0.4) is 0 Å². The molecule has 0 saturated carbocycles. The van der Waals surface area contributed by atoms with Crippen LogP contribution in [0.15, 0.2) is 85.1 Å². The van der Waals surface area contributed by atoms with Gasteiger partial charge in [0, 0.05) is 12.8 Å². The van der Waals surface area contributed by atoms with E-state index in [4.69, 9.17) is 14.2 Å². The molecule has 0 fully saturated rings. The Morgan fingerprint density at radius 2 is 0.579 bits per heavy atom. The smallest absolute Gasteiger partial charge is 0.310 e. The highest BCUT2D eigenvalue weighted by Gasteiger charge is 2.19. The van der Waals surface area contributed by atoms with Crippen molar-refractivity contribution in [1.82, 2.24) is 0 Å². The minimum absolute atomic E-state index is 0.0946. The van der Waals surface area contributed by atoms with Gasteiger partial charge in [-0.2, -0.15) is 0 Å². The lowest BCUT2D eigenvalue weighted by atomic mass is 10.0. The van der Waals surface area contributed by atoms with Gasteiger partial charge in [0.1, 0.15) is 13.2 Å². The summed E-state index contributed by atoms with van der Waals surface area (Å²) in [5.74, 6) is -1.05. The van der Waals surface area contributed by atoms with Crippen molar-refractivity contribution >= 4 is 17.9 Å². The average Bonchev–Trinajstić information content (AvgIpc) is 3.42. The Bertz CT molecular complexity index is 1450. The van der Waals surface area contributed by atoms with Gasteiger partial charge < -0.3 is 14.2 Å². The van der Waals surface area contributed by atoms with Crippen LogP contribution >= 0.6 is 0 Å². The number of rotatable bonds is 59. The van der Waals surface area contributed by atoms with Gasteiger partial charge in [-0.15, -0.1) is 0 Å². The summed E-state index contributed by atoms with van der Waals surface area (Å²) in [4.78, 5) is 38.1. The molecule has 0 aliphatic carbocycles. The van der Waals surface area contributed by atoms with Crippen molar-refractivity contribution in [2.75, 3.05) is 13.2 Å². The first-order valence-electron chi connectivity index (χ1n) is 32.6. The molecule has 0 aromatic rings. The summed E-state index contributed by atoms with van der Waals surface area (Å²) in [6, 6.07) is 0. The van der Waals surface area contributed by atoms with E-state index in [-0.39, 0.29) is 31.6 Å². The number of allylic oxidation sites excluding steroid dienone is 13. The number of unbranched alkanes of at least 4 members (excludes halogenated alkanes) is 35. The number of hydrogen-bond donors (Lipinski definition) is 0. The van der Waals surface area contributed by atoms with E-state index < -0.39 is 12.1 Å². The van der Waals surface area contributed by atoms with Crippen LogP contribution in [0, 0.1) is 0 Å². The summed E-state index contributed by atoms with van der Waals surface area (Å²) < 4.78 is 16.8. The summed E-state index contributed by atoms with van der Waals surface area (Å²) in [6.45, 7) is 6.40. The zero-order chi connectivity index (χ0) is 55.0. The van der Waals surface area contributed by atoms with Crippen molar-refractivity contribution in [3.8, 4) is 0 Å². The molecule has 1 atom stereocenters. The van der Waals surface area contributed by atoms with Crippen molar-refractivity contribution in [3.05, 3.63) is 85.1 Å². The quantitative estimate of drug-likeness (QED) is 0.0261. The van der Waals surface area contributed by atoms with Crippen LogP contribution in [-0.2, 0) is 28.6 Å². The Labute approximate surface area is 471 Å². The van der Waals surface area contributed by atoms with Gasteiger partial charge in [0.25, 0.3) is 0 Å². The maximum absolute atomic E-state index is 12.8. The Balaban J connectivity index is 4.21. The molecule has 0 aliphatic heterocycles. The maximum Gasteiger partial charge on any atom is 0.310 e. The Morgan fingerprint density at radius 1 is 0.289 bits per heavy atom. The third kappa shape index (κ3) is 61.4. The van der Waals surface area contributed by atoms with Crippen molar-refractivity contribution in [3.63, 3.8) is 0 Å². The summed E-state index contributed by atoms with van der Waals surface area (Å²) >= 11 is 0. The van der Waals surface area contributed by atoms with Gasteiger partial charge in [0.15, 0.2) is 6.10 Å². The zero-order valence-corrected chi connectivity index (χ0v) is 50.3. The minimum atomic E-state index is -0.836. The fourth-order valence-corrected chi connectivity index (χ4v) is 9.32. The third-order valence-electron chi connectivity index (χ3n) is 14.1. The molecule has 76 heavy (non-hydrogen) atoms. The molecular weight excluding hydrogens is 937 g/mol. The molecule has 0 amide bonds. The highest BCUT2D eigenvalue weighted by Crippen LogP contribution is 2.18. The molecule has 0 spiro atoms. The molecule has 0 radical (unpaired) electrons. The Hall–Kier alpha value is -3.41. The largest absolute Gasteiger partial charge is 0.462 e. The van der Waals surface area contributed by atoms with Crippen molar-refractivity contribution in [1.29, 1.82) is 0 Å². The van der Waals surface area contributed by atoms with Crippen molar-refractivity contribution < 1.29 is 28.6 Å². The molecule has 0 aromatic heterocycles. The number of esters is 3. The van der Waals surface area contributed by atoms with Gasteiger partial charge in [-0.1, -0.05) is 318 Å². The normalized spacial score (nSPS) is 12.6. The highest BCUT2D eigenvalue weighted by atomic mass is 16.6. The summed E-state index contributed by atoms with van der Waals surface area (Å²) in [5, 5.41) is 0. The molecule has 6 heteroatoms. The van der Waals surface area contributed by atoms with E-state index in [0.717, 1.165) is 103 Å². The summed E-state index contributed by atoms with van der Waals surface area (Å²) in [5.41, 5.74) is 0. The molecule has 0 aromatic carbocycles. The molecule has 438 valence electrons. The second-order valence-electron chi connectivity index (χ2n) is 21.7. The molecule has 0 bridgehead atoms. The second kappa shape index (κ2) is 64.1. The minimum Gasteiger partial charge on any atom is -0.462 e. The van der Waals surface area contributed by atoms with Gasteiger partial charge in [-0.25, -0.2) is 0 Å². The molecule has 0 aliphatic rings. The second-order valence-corrected chi connectivity index (χ2v) is 21.7. The molecule has 0 saturated heterocycles. The molecule has 1 unspecified atom stereocenters. The first-order chi connectivity index (χ1) is 37.5. The molecule has 0 N–H and O–H groups in total. The molecule has 6 nitrogen and oxygen atoms in total. The molecule has 0 heterocycles. The van der Waals surface area contributed by atoms with E-state index in [0.29, 0.717) is 12.8 Å². The first kappa shape index (κ1) is 72.6. The van der Waals surface area contributed by atoms with Crippen LogP contribution in [-0.4, -0.2) is 37.2 Å². The molecule has 0 rings (SSSR count). The fourth-order valence-electron chi connectivity index (χ4n) is 9.32. The van der Waals surface area contributed by atoms with Crippen LogP contribution in [0.2, 0.25) is 0 Å². The lowest BCUT2D eigenvalue weighted by Crippen LogP contribution is -2.30. The summed E-state index contributed by atoms with van der Waals surface area (Å²) in [6.07, 6.45) is 85.1. The Morgan fingerprint density at radius 3 is 0.921 bits per heavy atom. The van der Waals surface area contributed by atoms with E-state index in [1.807, 2.05) is 6.08 Å². The topological polar surface area (TPSA) is 78.9 Å². The first-order valence-corrected chi connectivity index (χ1v) is 32.6. The van der Waals surface area contributed by atoms with E-state index in [9.17, 15) is 14.4 Å². The van der Waals surface area contributed by atoms with Crippen molar-refractivity contribution in [2.45, 2.75) is 329 Å². The van der Waals surface area contributed by atoms with Crippen molar-refractivity contribution in [2.24, 2.45) is 0 Å². The zero-order valence-electron chi connectivity index (χ0n) is 50.3. The fraction of sp³-hybridized carbons (Fsp3) is 0.757. The highest BCUT2D eigenvalue weighted by molar-refractivity contribution is 5.72. The SMILES string of the molecule is CC/C=C\C/C=C\C/C=C\C/C=C\C/C=C\CC(=O)OC(COC(=O)CCCCCCC/C=C\C/C=C\CCC)COC(=O)CCCCCCCCCCCCCCCCCCCCCCCCCCCCCCCC. The van der Waals surface area contributed by atoms with Gasteiger partial charge in [-0.3, -0.25) is 14.4 Å². The van der Waals surface area contributed by atoms with Crippen LogP contribution < -0.4 is 0 Å². The van der Waals surface area contributed by atoms with Crippen LogP contribution in [0.4, 0.5) is 0 Å². The maximum atomic E-state index is 12.8. The predicted octanol–water partition coefficient (Wildman–Crippen LogP) is 22.3. The van der Waals surface area contributed by atoms with Gasteiger partial charge in [-0.05, 0) is 70.6 Å². The third-order valence-corrected chi connectivity index (χ3v) is 14.1. The van der Waals surface area contributed by atoms with Crippen LogP contribution in [0.25, 0.3) is 0 Å².